The van der Waals surface area contributed by atoms with Gasteiger partial charge in [0.05, 0.1) is 10.2 Å². The Balaban J connectivity index is 1.58. The molecule has 7 heteroatoms. The zero-order valence-electron chi connectivity index (χ0n) is 12.3. The van der Waals surface area contributed by atoms with Crippen LogP contribution >= 0.6 is 22.9 Å². The highest BCUT2D eigenvalue weighted by atomic mass is 35.5. The molecule has 0 atom stereocenters. The van der Waals surface area contributed by atoms with E-state index in [4.69, 9.17) is 11.6 Å². The molecule has 1 heterocycles. The van der Waals surface area contributed by atoms with E-state index in [-0.39, 0.29) is 0 Å². The highest BCUT2D eigenvalue weighted by Crippen LogP contribution is 2.22. The van der Waals surface area contributed by atoms with Crippen molar-refractivity contribution in [1.82, 2.24) is 15.8 Å². The van der Waals surface area contributed by atoms with Gasteiger partial charge < -0.3 is 0 Å². The van der Waals surface area contributed by atoms with Crippen LogP contribution in [0.5, 0.6) is 0 Å². The molecule has 3 rings (SSSR count). The van der Waals surface area contributed by atoms with E-state index in [1.807, 2.05) is 24.3 Å². The summed E-state index contributed by atoms with van der Waals surface area (Å²) in [6, 6.07) is 14.2. The molecule has 1 aromatic heterocycles. The maximum Gasteiger partial charge on any atom is 0.269 e. The standard InChI is InChI=1S/C17H12ClN3O2S/c18-12-5-3-4-11(10-12)17(23)21-20-15(22)8-9-16-19-13-6-1-2-7-14(13)24-16/h1-10H,(H,20,22)(H,21,23)/b9-8+. The summed E-state index contributed by atoms with van der Waals surface area (Å²) in [7, 11) is 0. The molecule has 0 saturated carbocycles. The molecule has 0 radical (unpaired) electrons. The third-order valence-corrected chi connectivity index (χ3v) is 4.31. The lowest BCUT2D eigenvalue weighted by atomic mass is 10.2. The van der Waals surface area contributed by atoms with Crippen LogP contribution in [0.2, 0.25) is 5.02 Å². The predicted octanol–water partition coefficient (Wildman–Crippen LogP) is 3.42. The minimum Gasteiger partial charge on any atom is -0.268 e. The monoisotopic (exact) mass is 357 g/mol. The van der Waals surface area contributed by atoms with Gasteiger partial charge in [-0.15, -0.1) is 11.3 Å². The van der Waals surface area contributed by atoms with E-state index in [0.29, 0.717) is 15.6 Å². The second-order valence-corrected chi connectivity index (χ2v) is 6.31. The number of aromatic nitrogens is 1. The van der Waals surface area contributed by atoms with E-state index in [9.17, 15) is 9.59 Å². The highest BCUT2D eigenvalue weighted by molar-refractivity contribution is 7.19. The van der Waals surface area contributed by atoms with E-state index in [0.717, 1.165) is 10.2 Å². The number of nitrogens with zero attached hydrogens (tertiary/aromatic N) is 1. The van der Waals surface area contributed by atoms with Gasteiger partial charge in [-0.2, -0.15) is 0 Å². The molecule has 0 bridgehead atoms. The van der Waals surface area contributed by atoms with Crippen molar-refractivity contribution < 1.29 is 9.59 Å². The third-order valence-electron chi connectivity index (χ3n) is 3.07. The minimum absolute atomic E-state index is 0.359. The van der Waals surface area contributed by atoms with Gasteiger partial charge in [0.15, 0.2) is 0 Å². The lowest BCUT2D eigenvalue weighted by Gasteiger charge is -2.05. The Morgan fingerprint density at radius 2 is 1.92 bits per heavy atom. The van der Waals surface area contributed by atoms with Crippen LogP contribution in [0.15, 0.2) is 54.6 Å². The maximum absolute atomic E-state index is 11.9. The fraction of sp³-hybridized carbons (Fsp3) is 0. The van der Waals surface area contributed by atoms with Crippen molar-refractivity contribution in [2.75, 3.05) is 0 Å². The van der Waals surface area contributed by atoms with Gasteiger partial charge in [-0.1, -0.05) is 29.8 Å². The second kappa shape index (κ2) is 7.25. The minimum atomic E-state index is -0.454. The Hall–Kier alpha value is -2.70. The largest absolute Gasteiger partial charge is 0.269 e. The Labute approximate surface area is 146 Å². The van der Waals surface area contributed by atoms with Crippen LogP contribution in [0.4, 0.5) is 0 Å². The van der Waals surface area contributed by atoms with E-state index < -0.39 is 11.8 Å². The number of para-hydroxylation sites is 1. The Morgan fingerprint density at radius 1 is 1.08 bits per heavy atom. The summed E-state index contributed by atoms with van der Waals surface area (Å²) in [5.41, 5.74) is 5.88. The lowest BCUT2D eigenvalue weighted by Crippen LogP contribution is -2.40. The quantitative estimate of drug-likeness (QED) is 0.557. The highest BCUT2D eigenvalue weighted by Gasteiger charge is 2.06. The topological polar surface area (TPSA) is 71.1 Å². The Bertz CT molecular complexity index is 903. The fourth-order valence-corrected chi connectivity index (χ4v) is 3.03. The summed E-state index contributed by atoms with van der Waals surface area (Å²) >= 11 is 7.30. The van der Waals surface area contributed by atoms with E-state index in [1.165, 1.54) is 23.5 Å². The number of hydrogen-bond acceptors (Lipinski definition) is 4. The van der Waals surface area contributed by atoms with Crippen molar-refractivity contribution >= 4 is 51.0 Å². The molecule has 5 nitrogen and oxygen atoms in total. The van der Waals surface area contributed by atoms with Crippen LogP contribution in [0, 0.1) is 0 Å². The number of hydrazine groups is 1. The van der Waals surface area contributed by atoms with Crippen LogP contribution < -0.4 is 10.9 Å². The number of rotatable bonds is 3. The van der Waals surface area contributed by atoms with E-state index >= 15 is 0 Å². The molecule has 2 aromatic carbocycles. The molecule has 3 aromatic rings. The molecule has 0 aliphatic rings. The average molecular weight is 358 g/mol. The summed E-state index contributed by atoms with van der Waals surface area (Å²) in [5.74, 6) is -0.899. The molecule has 120 valence electrons. The SMILES string of the molecule is O=C(/C=C/c1nc2ccccc2s1)NNC(=O)c1cccc(Cl)c1. The number of amides is 2. The number of benzene rings is 2. The normalized spacial score (nSPS) is 10.9. The Kier molecular flexibility index (Phi) is 4.88. The van der Waals surface area contributed by atoms with Crippen molar-refractivity contribution in [3.63, 3.8) is 0 Å². The van der Waals surface area contributed by atoms with Gasteiger partial charge in [0.25, 0.3) is 11.8 Å². The first-order chi connectivity index (χ1) is 11.6. The molecule has 2 N–H and O–H groups in total. The molecular formula is C17H12ClN3O2S. The second-order valence-electron chi connectivity index (χ2n) is 4.81. The molecule has 24 heavy (non-hydrogen) atoms. The molecule has 2 amide bonds. The molecular weight excluding hydrogens is 346 g/mol. The smallest absolute Gasteiger partial charge is 0.268 e. The van der Waals surface area contributed by atoms with Crippen molar-refractivity contribution in [2.24, 2.45) is 0 Å². The lowest BCUT2D eigenvalue weighted by molar-refractivity contribution is -0.117. The average Bonchev–Trinajstić information content (AvgIpc) is 3.00. The van der Waals surface area contributed by atoms with Gasteiger partial charge in [0.1, 0.15) is 5.01 Å². The summed E-state index contributed by atoms with van der Waals surface area (Å²) in [5, 5.41) is 1.16. The van der Waals surface area contributed by atoms with Crippen LogP contribution in [-0.4, -0.2) is 16.8 Å². The van der Waals surface area contributed by atoms with Gasteiger partial charge in [0.2, 0.25) is 0 Å². The van der Waals surface area contributed by atoms with Crippen molar-refractivity contribution in [2.45, 2.75) is 0 Å². The summed E-state index contributed by atoms with van der Waals surface area (Å²) in [4.78, 5) is 28.0. The zero-order chi connectivity index (χ0) is 16.9. The first kappa shape index (κ1) is 16.2. The number of fused-ring (bicyclic) bond motifs is 1. The number of nitrogens with one attached hydrogen (secondary N) is 2. The molecule has 0 saturated heterocycles. The first-order valence-electron chi connectivity index (χ1n) is 7.01. The van der Waals surface area contributed by atoms with Crippen LogP contribution in [0.1, 0.15) is 15.4 Å². The molecule has 0 aliphatic carbocycles. The Morgan fingerprint density at radius 3 is 2.71 bits per heavy atom. The van der Waals surface area contributed by atoms with E-state index in [1.54, 1.807) is 24.3 Å². The van der Waals surface area contributed by atoms with Gasteiger partial charge in [0, 0.05) is 16.7 Å². The number of halogens is 1. The van der Waals surface area contributed by atoms with Gasteiger partial charge in [-0.25, -0.2) is 4.98 Å². The molecule has 0 spiro atoms. The van der Waals surface area contributed by atoms with Gasteiger partial charge in [-0.3, -0.25) is 20.4 Å². The summed E-state index contributed by atoms with van der Waals surface area (Å²) in [6.07, 6.45) is 2.92. The summed E-state index contributed by atoms with van der Waals surface area (Å²) < 4.78 is 1.05. The van der Waals surface area contributed by atoms with Crippen LogP contribution in [0.3, 0.4) is 0 Å². The number of hydrogen-bond donors (Lipinski definition) is 2. The van der Waals surface area contributed by atoms with Crippen LogP contribution in [0.25, 0.3) is 16.3 Å². The van der Waals surface area contributed by atoms with Crippen LogP contribution in [-0.2, 0) is 4.79 Å². The number of carbonyl (C=O) groups is 2. The van der Waals surface area contributed by atoms with E-state index in [2.05, 4.69) is 15.8 Å². The summed E-state index contributed by atoms with van der Waals surface area (Å²) in [6.45, 7) is 0. The molecule has 0 aliphatic heterocycles. The number of carbonyl (C=O) groups excluding carboxylic acids is 2. The predicted molar refractivity (Wildman–Crippen MR) is 95.7 cm³/mol. The first-order valence-corrected chi connectivity index (χ1v) is 8.21. The fourth-order valence-electron chi connectivity index (χ4n) is 1.97. The van der Waals surface area contributed by atoms with Crippen molar-refractivity contribution in [3.8, 4) is 0 Å². The van der Waals surface area contributed by atoms with Gasteiger partial charge >= 0.3 is 0 Å². The molecule has 0 unspecified atom stereocenters. The van der Waals surface area contributed by atoms with Crippen molar-refractivity contribution in [3.05, 3.63) is 70.2 Å². The molecule has 0 fully saturated rings. The third kappa shape index (κ3) is 3.98. The van der Waals surface area contributed by atoms with Gasteiger partial charge in [-0.05, 0) is 36.4 Å². The maximum atomic E-state index is 11.9. The zero-order valence-corrected chi connectivity index (χ0v) is 13.9. The number of thiazole rings is 1. The van der Waals surface area contributed by atoms with Crippen molar-refractivity contribution in [1.29, 1.82) is 0 Å².